The maximum absolute atomic E-state index is 13.3. The monoisotopic (exact) mass is 601 g/mol. The number of azo groups is 3. The van der Waals surface area contributed by atoms with Crippen molar-refractivity contribution in [2.45, 2.75) is 0 Å². The van der Waals surface area contributed by atoms with E-state index in [0.29, 0.717) is 17.1 Å². The Morgan fingerprint density at radius 1 is 0.370 bits per heavy atom. The van der Waals surface area contributed by atoms with Gasteiger partial charge in [-0.3, -0.25) is 0 Å². The molecule has 46 heavy (non-hydrogen) atoms. The van der Waals surface area contributed by atoms with Gasteiger partial charge in [0.2, 0.25) is 0 Å². The van der Waals surface area contributed by atoms with Gasteiger partial charge in [0, 0.05) is 52.1 Å². The first kappa shape index (κ1) is 28.6. The van der Waals surface area contributed by atoms with Crippen molar-refractivity contribution < 1.29 is 4.39 Å². The van der Waals surface area contributed by atoms with Gasteiger partial charge in [-0.2, -0.15) is 5.11 Å². The fraction of sp³-hybridized carbons (Fsp3) is 0.0526. The molecule has 0 N–H and O–H groups in total. The molecule has 0 heterocycles. The Morgan fingerprint density at radius 2 is 0.696 bits per heavy atom. The second kappa shape index (κ2) is 12.5. The summed E-state index contributed by atoms with van der Waals surface area (Å²) < 4.78 is 13.3. The Kier molecular flexibility index (Phi) is 7.75. The second-order valence-corrected chi connectivity index (χ2v) is 10.9. The molecule has 0 atom stereocenters. The predicted octanol–water partition coefficient (Wildman–Crippen LogP) is 12.6. The minimum Gasteiger partial charge on any atom is -0.377 e. The van der Waals surface area contributed by atoms with Crippen LogP contribution in [0.15, 0.2) is 164 Å². The van der Waals surface area contributed by atoms with Gasteiger partial charge in [-0.1, -0.05) is 72.8 Å². The van der Waals surface area contributed by atoms with Crippen molar-refractivity contribution in [2.75, 3.05) is 19.0 Å². The molecule has 0 aromatic heterocycles. The molecule has 7 rings (SSSR count). The van der Waals surface area contributed by atoms with E-state index < -0.39 is 0 Å². The normalized spacial score (nSPS) is 12.0. The summed E-state index contributed by atoms with van der Waals surface area (Å²) in [5.74, 6) is -0.314. The van der Waals surface area contributed by atoms with Crippen LogP contribution in [-0.2, 0) is 0 Å². The molecule has 0 aliphatic heterocycles. The SMILES string of the molecule is CN(C)c1ccc(/N=N/c2ccc(/N=N/c3ccc(/N=N/c4ccc(F)cc4)c4ccccc34)c3ccccc23)c2ccccc12. The molecule has 0 radical (unpaired) electrons. The number of halogens is 1. The average molecular weight is 602 g/mol. The van der Waals surface area contributed by atoms with Crippen LogP contribution in [0, 0.1) is 5.82 Å². The van der Waals surface area contributed by atoms with Gasteiger partial charge < -0.3 is 4.90 Å². The molecule has 0 amide bonds. The van der Waals surface area contributed by atoms with Crippen LogP contribution in [0.2, 0.25) is 0 Å². The summed E-state index contributed by atoms with van der Waals surface area (Å²) >= 11 is 0. The molecule has 0 spiro atoms. The number of anilines is 1. The number of hydrogen-bond acceptors (Lipinski definition) is 7. The smallest absolute Gasteiger partial charge is 0.123 e. The van der Waals surface area contributed by atoms with Gasteiger partial charge in [0.05, 0.1) is 34.1 Å². The highest BCUT2D eigenvalue weighted by Gasteiger charge is 2.10. The highest BCUT2D eigenvalue weighted by atomic mass is 19.1. The third kappa shape index (κ3) is 5.71. The number of nitrogens with zero attached hydrogens (tertiary/aromatic N) is 7. The molecule has 7 aromatic carbocycles. The lowest BCUT2D eigenvalue weighted by Gasteiger charge is -2.16. The van der Waals surface area contributed by atoms with E-state index >= 15 is 0 Å². The standard InChI is InChI=1S/C38H28FN7/c1-46(2)38-24-23-37(31-13-7-8-14-32(31)38)45-44-36-22-21-35(29-11-5-6-12-30(29)36)43-42-34-20-19-33(27-9-3-4-10-28(27)34)41-40-26-17-15-25(39)16-18-26/h3-24H,1-2H3/b41-40+,43-42+,45-44+. The first-order valence-electron chi connectivity index (χ1n) is 14.8. The summed E-state index contributed by atoms with van der Waals surface area (Å²) in [6, 6.07) is 41.6. The first-order chi connectivity index (χ1) is 22.5. The average Bonchev–Trinajstić information content (AvgIpc) is 3.09. The third-order valence-corrected chi connectivity index (χ3v) is 7.75. The van der Waals surface area contributed by atoms with E-state index in [1.54, 1.807) is 12.1 Å². The van der Waals surface area contributed by atoms with Crippen LogP contribution in [-0.4, -0.2) is 14.1 Å². The Morgan fingerprint density at radius 3 is 1.09 bits per heavy atom. The summed E-state index contributed by atoms with van der Waals surface area (Å²) in [4.78, 5) is 2.10. The molecule has 0 aliphatic rings. The van der Waals surface area contributed by atoms with E-state index in [-0.39, 0.29) is 5.82 Å². The molecule has 0 fully saturated rings. The van der Waals surface area contributed by atoms with E-state index in [2.05, 4.69) is 53.8 Å². The third-order valence-electron chi connectivity index (χ3n) is 7.75. The Labute approximate surface area is 265 Å². The fourth-order valence-electron chi connectivity index (χ4n) is 5.46. The molecular formula is C38H28FN7. The number of fused-ring (bicyclic) bond motifs is 3. The molecule has 8 heteroatoms. The van der Waals surface area contributed by atoms with Gasteiger partial charge in [0.15, 0.2) is 0 Å². The number of rotatable bonds is 7. The van der Waals surface area contributed by atoms with E-state index in [1.165, 1.54) is 12.1 Å². The zero-order chi connectivity index (χ0) is 31.5. The van der Waals surface area contributed by atoms with Gasteiger partial charge in [-0.15, -0.1) is 25.6 Å². The van der Waals surface area contributed by atoms with Gasteiger partial charge >= 0.3 is 0 Å². The molecule has 7 nitrogen and oxygen atoms in total. The molecule has 0 unspecified atom stereocenters. The lowest BCUT2D eigenvalue weighted by molar-refractivity contribution is 0.628. The molecule has 0 bridgehead atoms. The molecular weight excluding hydrogens is 573 g/mol. The van der Waals surface area contributed by atoms with Crippen molar-refractivity contribution in [3.8, 4) is 0 Å². The second-order valence-electron chi connectivity index (χ2n) is 10.9. The van der Waals surface area contributed by atoms with Crippen molar-refractivity contribution in [3.05, 3.63) is 139 Å². The van der Waals surface area contributed by atoms with E-state index in [0.717, 1.165) is 55.1 Å². The van der Waals surface area contributed by atoms with Gasteiger partial charge in [0.25, 0.3) is 0 Å². The van der Waals surface area contributed by atoms with Gasteiger partial charge in [-0.25, -0.2) is 4.39 Å². The highest BCUT2D eigenvalue weighted by Crippen LogP contribution is 2.39. The predicted molar refractivity (Wildman–Crippen MR) is 185 cm³/mol. The number of benzene rings is 7. The Hall–Kier alpha value is -6.15. The number of hydrogen-bond donors (Lipinski definition) is 0. The zero-order valence-electron chi connectivity index (χ0n) is 25.2. The maximum atomic E-state index is 13.3. The summed E-state index contributed by atoms with van der Waals surface area (Å²) in [5.41, 5.74) is 5.37. The highest BCUT2D eigenvalue weighted by molar-refractivity contribution is 6.02. The van der Waals surface area contributed by atoms with Crippen LogP contribution in [0.1, 0.15) is 0 Å². The quantitative estimate of drug-likeness (QED) is 0.167. The lowest BCUT2D eigenvalue weighted by Crippen LogP contribution is -2.08. The lowest BCUT2D eigenvalue weighted by atomic mass is 10.1. The van der Waals surface area contributed by atoms with Crippen molar-refractivity contribution in [1.29, 1.82) is 0 Å². The molecule has 0 saturated carbocycles. The van der Waals surface area contributed by atoms with Crippen LogP contribution < -0.4 is 4.90 Å². The molecule has 0 aliphatic carbocycles. The maximum Gasteiger partial charge on any atom is 0.123 e. The largest absolute Gasteiger partial charge is 0.377 e. The van der Waals surface area contributed by atoms with Crippen molar-refractivity contribution >= 4 is 72.1 Å². The minimum atomic E-state index is -0.314. The van der Waals surface area contributed by atoms with E-state index in [9.17, 15) is 4.39 Å². The van der Waals surface area contributed by atoms with Crippen LogP contribution >= 0.6 is 0 Å². The molecule has 0 saturated heterocycles. The summed E-state index contributed by atoms with van der Waals surface area (Å²) in [7, 11) is 4.07. The summed E-state index contributed by atoms with van der Waals surface area (Å²) in [5, 5.41) is 33.2. The topological polar surface area (TPSA) is 77.4 Å². The van der Waals surface area contributed by atoms with Crippen LogP contribution in [0.5, 0.6) is 0 Å². The van der Waals surface area contributed by atoms with Crippen molar-refractivity contribution in [3.63, 3.8) is 0 Å². The van der Waals surface area contributed by atoms with E-state index in [4.69, 9.17) is 0 Å². The van der Waals surface area contributed by atoms with E-state index in [1.807, 2.05) is 105 Å². The fourth-order valence-corrected chi connectivity index (χ4v) is 5.46. The summed E-state index contributed by atoms with van der Waals surface area (Å²) in [6.07, 6.45) is 0. The minimum absolute atomic E-state index is 0.314. The van der Waals surface area contributed by atoms with Crippen LogP contribution in [0.4, 0.5) is 44.2 Å². The Bertz CT molecular complexity index is 2310. The zero-order valence-corrected chi connectivity index (χ0v) is 25.2. The first-order valence-corrected chi connectivity index (χ1v) is 14.8. The Balaban J connectivity index is 1.21. The van der Waals surface area contributed by atoms with Crippen molar-refractivity contribution in [2.24, 2.45) is 30.7 Å². The molecule has 222 valence electrons. The van der Waals surface area contributed by atoms with Crippen molar-refractivity contribution in [1.82, 2.24) is 0 Å². The van der Waals surface area contributed by atoms with Gasteiger partial charge in [0.1, 0.15) is 5.82 Å². The molecule has 7 aromatic rings. The summed E-state index contributed by atoms with van der Waals surface area (Å²) in [6.45, 7) is 0. The van der Waals surface area contributed by atoms with Gasteiger partial charge in [-0.05, 0) is 60.7 Å². The van der Waals surface area contributed by atoms with Crippen LogP contribution in [0.25, 0.3) is 32.3 Å². The van der Waals surface area contributed by atoms with Crippen LogP contribution in [0.3, 0.4) is 0 Å².